The van der Waals surface area contributed by atoms with Crippen molar-refractivity contribution in [1.82, 2.24) is 9.88 Å². The van der Waals surface area contributed by atoms with E-state index in [1.54, 1.807) is 6.07 Å². The molecule has 0 bridgehead atoms. The smallest absolute Gasteiger partial charge is 0.230 e. The van der Waals surface area contributed by atoms with E-state index in [1.807, 2.05) is 6.07 Å². The number of nitrogens with zero attached hydrogens (tertiary/aromatic N) is 4. The minimum Gasteiger partial charge on any atom is -0.355 e. The van der Waals surface area contributed by atoms with Crippen LogP contribution in [0.15, 0.2) is 18.2 Å². The highest BCUT2D eigenvalue weighted by atomic mass is 19.1. The monoisotopic (exact) mass is 370 g/mol. The molecule has 0 radical (unpaired) electrons. The van der Waals surface area contributed by atoms with Crippen LogP contribution in [-0.2, 0) is 4.79 Å². The van der Waals surface area contributed by atoms with Crippen molar-refractivity contribution >= 4 is 11.7 Å². The van der Waals surface area contributed by atoms with Gasteiger partial charge in [-0.25, -0.2) is 11.6 Å². The standard InChI is InChI=1S/C21H27FN4O/c1-23-14-16-6-8-17(9-7-16)26-13-11-21(20(26)27)10-3-12-25(15-21)19-5-2-4-18(22)24-19/h2,4-5,16-17H,3,6-15H2/t16-,17-,21?. The molecule has 5 nitrogen and oxygen atoms in total. The molecule has 0 aromatic carbocycles. The minimum absolute atomic E-state index is 0.289. The fraction of sp³-hybridized carbons (Fsp3) is 0.667. The van der Waals surface area contributed by atoms with Gasteiger partial charge in [0.1, 0.15) is 5.82 Å². The van der Waals surface area contributed by atoms with Gasteiger partial charge in [0.05, 0.1) is 5.41 Å². The Bertz CT molecular complexity index is 740. The first-order valence-corrected chi connectivity index (χ1v) is 10.1. The number of rotatable bonds is 3. The number of piperidine rings is 1. The number of carbonyl (C=O) groups is 1. The lowest BCUT2D eigenvalue weighted by molar-refractivity contribution is -0.139. The maximum absolute atomic E-state index is 13.5. The molecule has 1 amide bonds. The maximum atomic E-state index is 13.5. The van der Waals surface area contributed by atoms with Crippen molar-refractivity contribution in [2.75, 3.05) is 31.1 Å². The lowest BCUT2D eigenvalue weighted by atomic mass is 9.78. The van der Waals surface area contributed by atoms with Crippen LogP contribution in [-0.4, -0.2) is 48.0 Å². The van der Waals surface area contributed by atoms with E-state index in [2.05, 4.69) is 19.6 Å². The summed E-state index contributed by atoms with van der Waals surface area (Å²) in [6, 6.07) is 5.21. The zero-order valence-corrected chi connectivity index (χ0v) is 15.7. The summed E-state index contributed by atoms with van der Waals surface area (Å²) < 4.78 is 13.5. The SMILES string of the molecule is [C-]#[N+]C[C@H]1CC[C@H](N2CCC3(CCCN(c4cccc(F)n4)C3)C2=O)CC1. The summed E-state index contributed by atoms with van der Waals surface area (Å²) in [7, 11) is 0. The number of anilines is 1. The van der Waals surface area contributed by atoms with E-state index < -0.39 is 5.95 Å². The predicted molar refractivity (Wildman–Crippen MR) is 102 cm³/mol. The summed E-state index contributed by atoms with van der Waals surface area (Å²) in [5, 5.41) is 0. The van der Waals surface area contributed by atoms with E-state index >= 15 is 0 Å². The molecule has 2 saturated heterocycles. The van der Waals surface area contributed by atoms with E-state index in [0.717, 1.165) is 58.0 Å². The third kappa shape index (κ3) is 3.52. The Morgan fingerprint density at radius 1 is 1.22 bits per heavy atom. The van der Waals surface area contributed by atoms with Crippen molar-refractivity contribution in [3.05, 3.63) is 35.6 Å². The van der Waals surface area contributed by atoms with Crippen molar-refractivity contribution in [2.24, 2.45) is 11.3 Å². The van der Waals surface area contributed by atoms with Crippen LogP contribution >= 0.6 is 0 Å². The van der Waals surface area contributed by atoms with Gasteiger partial charge in [0.15, 0.2) is 0 Å². The first-order valence-electron chi connectivity index (χ1n) is 10.1. The quantitative estimate of drug-likeness (QED) is 0.604. The molecule has 1 unspecified atom stereocenters. The third-order valence-corrected chi connectivity index (χ3v) is 6.75. The maximum Gasteiger partial charge on any atom is 0.230 e. The molecule has 2 aliphatic heterocycles. The molecule has 1 saturated carbocycles. The zero-order chi connectivity index (χ0) is 18.9. The van der Waals surface area contributed by atoms with Crippen LogP contribution in [0.3, 0.4) is 0 Å². The molecule has 1 aromatic heterocycles. The van der Waals surface area contributed by atoms with Crippen LogP contribution in [0.2, 0.25) is 0 Å². The van der Waals surface area contributed by atoms with Gasteiger partial charge in [-0.05, 0) is 57.1 Å². The van der Waals surface area contributed by atoms with Crippen molar-refractivity contribution in [1.29, 1.82) is 0 Å². The number of likely N-dealkylation sites (tertiary alicyclic amines) is 1. The first kappa shape index (κ1) is 18.2. The van der Waals surface area contributed by atoms with Gasteiger partial charge in [-0.15, -0.1) is 0 Å². The van der Waals surface area contributed by atoms with E-state index in [9.17, 15) is 9.18 Å². The molecule has 3 heterocycles. The molecule has 6 heteroatoms. The Balaban J connectivity index is 1.44. The zero-order valence-electron chi connectivity index (χ0n) is 15.7. The summed E-state index contributed by atoms with van der Waals surface area (Å²) in [6.45, 7) is 9.98. The average molecular weight is 370 g/mol. The van der Waals surface area contributed by atoms with Gasteiger partial charge in [0.2, 0.25) is 18.4 Å². The predicted octanol–water partition coefficient (Wildman–Crippen LogP) is 3.52. The van der Waals surface area contributed by atoms with Crippen molar-refractivity contribution in [2.45, 2.75) is 51.0 Å². The van der Waals surface area contributed by atoms with Crippen LogP contribution in [0.25, 0.3) is 4.85 Å². The Morgan fingerprint density at radius 3 is 2.78 bits per heavy atom. The molecule has 0 N–H and O–H groups in total. The number of hydrogen-bond acceptors (Lipinski definition) is 3. The van der Waals surface area contributed by atoms with E-state index in [0.29, 0.717) is 30.9 Å². The molecule has 1 aromatic rings. The van der Waals surface area contributed by atoms with Gasteiger partial charge in [-0.2, -0.15) is 4.39 Å². The van der Waals surface area contributed by atoms with Crippen LogP contribution < -0.4 is 4.90 Å². The highest BCUT2D eigenvalue weighted by molar-refractivity contribution is 5.86. The summed E-state index contributed by atoms with van der Waals surface area (Å²) in [5.41, 5.74) is -0.334. The van der Waals surface area contributed by atoms with E-state index in [1.165, 1.54) is 6.07 Å². The number of hydrogen-bond donors (Lipinski definition) is 0. The van der Waals surface area contributed by atoms with E-state index in [-0.39, 0.29) is 11.3 Å². The molecule has 1 aliphatic carbocycles. The number of carbonyl (C=O) groups excluding carboxylic acids is 1. The lowest BCUT2D eigenvalue weighted by Gasteiger charge is -2.41. The molecule has 1 atom stereocenters. The Labute approximate surface area is 160 Å². The lowest BCUT2D eigenvalue weighted by Crippen LogP contribution is -2.50. The number of amides is 1. The van der Waals surface area contributed by atoms with Gasteiger partial charge in [-0.3, -0.25) is 4.79 Å². The average Bonchev–Trinajstić information content (AvgIpc) is 2.99. The summed E-state index contributed by atoms with van der Waals surface area (Å²) in [6.07, 6.45) is 6.91. The number of aromatic nitrogens is 1. The molecule has 1 spiro atoms. The van der Waals surface area contributed by atoms with Crippen LogP contribution in [0.5, 0.6) is 0 Å². The second kappa shape index (κ2) is 7.46. The highest BCUT2D eigenvalue weighted by Crippen LogP contribution is 2.43. The molecule has 3 aliphatic rings. The summed E-state index contributed by atoms with van der Waals surface area (Å²) in [5.74, 6) is 0.967. The number of halogens is 1. The second-order valence-electron chi connectivity index (χ2n) is 8.39. The van der Waals surface area contributed by atoms with Crippen LogP contribution in [0, 0.1) is 23.9 Å². The van der Waals surface area contributed by atoms with Gasteiger partial charge in [-0.1, -0.05) is 6.07 Å². The highest BCUT2D eigenvalue weighted by Gasteiger charge is 2.50. The Hall–Kier alpha value is -2.16. The normalized spacial score (nSPS) is 31.3. The number of pyridine rings is 1. The second-order valence-corrected chi connectivity index (χ2v) is 8.39. The van der Waals surface area contributed by atoms with Gasteiger partial charge < -0.3 is 14.6 Å². The largest absolute Gasteiger partial charge is 0.355 e. The molecular weight excluding hydrogens is 343 g/mol. The van der Waals surface area contributed by atoms with Crippen molar-refractivity contribution < 1.29 is 9.18 Å². The topological polar surface area (TPSA) is 40.8 Å². The molecule has 144 valence electrons. The Morgan fingerprint density at radius 2 is 2.04 bits per heavy atom. The van der Waals surface area contributed by atoms with Gasteiger partial charge in [0, 0.05) is 31.6 Å². The van der Waals surface area contributed by atoms with Crippen LogP contribution in [0.4, 0.5) is 10.2 Å². The van der Waals surface area contributed by atoms with Crippen molar-refractivity contribution in [3.63, 3.8) is 0 Å². The summed E-state index contributed by atoms with van der Waals surface area (Å²) >= 11 is 0. The third-order valence-electron chi connectivity index (χ3n) is 6.75. The first-order chi connectivity index (χ1) is 13.1. The van der Waals surface area contributed by atoms with E-state index in [4.69, 9.17) is 6.57 Å². The molecule has 3 fully saturated rings. The van der Waals surface area contributed by atoms with Gasteiger partial charge >= 0.3 is 0 Å². The van der Waals surface area contributed by atoms with Crippen LogP contribution in [0.1, 0.15) is 44.9 Å². The fourth-order valence-corrected chi connectivity index (χ4v) is 5.24. The molecular formula is C21H27FN4O. The molecule has 27 heavy (non-hydrogen) atoms. The van der Waals surface area contributed by atoms with Crippen molar-refractivity contribution in [3.8, 4) is 0 Å². The minimum atomic E-state index is -0.470. The Kier molecular flexibility index (Phi) is 5.03. The fourth-order valence-electron chi connectivity index (χ4n) is 5.24. The molecule has 4 rings (SSSR count). The summed E-state index contributed by atoms with van der Waals surface area (Å²) in [4.78, 5) is 25.2. The van der Waals surface area contributed by atoms with Gasteiger partial charge in [0.25, 0.3) is 0 Å².